The molecule has 94 valence electrons. The number of nitrogens with zero attached hydrogens (tertiary/aromatic N) is 1. The Morgan fingerprint density at radius 2 is 2.24 bits per heavy atom. The van der Waals surface area contributed by atoms with Crippen LogP contribution >= 0.6 is 23.5 Å². The van der Waals surface area contributed by atoms with Gasteiger partial charge in [0, 0.05) is 40.3 Å². The average Bonchev–Trinajstić information content (AvgIpc) is 2.40. The van der Waals surface area contributed by atoms with Gasteiger partial charge in [-0.25, -0.2) is 0 Å². The summed E-state index contributed by atoms with van der Waals surface area (Å²) < 4.78 is 0. The molecule has 0 saturated carbocycles. The second kappa shape index (κ2) is 6.66. The van der Waals surface area contributed by atoms with Crippen LogP contribution in [-0.4, -0.2) is 38.2 Å². The first-order valence-corrected chi connectivity index (χ1v) is 8.22. The van der Waals surface area contributed by atoms with E-state index < -0.39 is 0 Å². The van der Waals surface area contributed by atoms with Gasteiger partial charge in [-0.2, -0.15) is 23.5 Å². The second-order valence-electron chi connectivity index (χ2n) is 4.25. The fourth-order valence-corrected chi connectivity index (χ4v) is 5.29. The molecule has 0 aliphatic carbocycles. The van der Waals surface area contributed by atoms with E-state index in [1.165, 1.54) is 5.75 Å². The predicted molar refractivity (Wildman–Crippen MR) is 76.7 cm³/mol. The number of hydrogen-bond donors (Lipinski definition) is 1. The quantitative estimate of drug-likeness (QED) is 0.911. The highest BCUT2D eigenvalue weighted by molar-refractivity contribution is 8.07. The molecule has 0 spiro atoms. The van der Waals surface area contributed by atoms with Gasteiger partial charge in [-0.15, -0.1) is 0 Å². The number of rotatable bonds is 4. The van der Waals surface area contributed by atoms with Crippen LogP contribution < -0.4 is 0 Å². The number of pyridine rings is 1. The van der Waals surface area contributed by atoms with Crippen molar-refractivity contribution in [2.24, 2.45) is 0 Å². The van der Waals surface area contributed by atoms with E-state index in [1.54, 1.807) is 6.20 Å². The zero-order valence-electron chi connectivity index (χ0n) is 10.1. The average molecular weight is 269 g/mol. The van der Waals surface area contributed by atoms with Crippen molar-refractivity contribution in [1.82, 2.24) is 4.98 Å². The molecule has 0 bridgehead atoms. The van der Waals surface area contributed by atoms with Crippen LogP contribution in [-0.2, 0) is 6.42 Å². The van der Waals surface area contributed by atoms with Crippen LogP contribution in [0, 0.1) is 0 Å². The molecule has 1 saturated heterocycles. The van der Waals surface area contributed by atoms with Crippen molar-refractivity contribution in [1.29, 1.82) is 0 Å². The summed E-state index contributed by atoms with van der Waals surface area (Å²) in [6.07, 6.45) is 3.34. The zero-order chi connectivity index (χ0) is 12.1. The lowest BCUT2D eigenvalue weighted by atomic mass is 10.1. The topological polar surface area (TPSA) is 33.1 Å². The summed E-state index contributed by atoms with van der Waals surface area (Å²) in [5, 5.41) is 11.3. The van der Waals surface area contributed by atoms with Crippen molar-refractivity contribution in [3.63, 3.8) is 0 Å². The highest BCUT2D eigenvalue weighted by atomic mass is 32.2. The van der Waals surface area contributed by atoms with E-state index in [0.29, 0.717) is 16.9 Å². The molecule has 1 aromatic rings. The van der Waals surface area contributed by atoms with Crippen molar-refractivity contribution >= 4 is 23.5 Å². The second-order valence-corrected chi connectivity index (χ2v) is 6.88. The molecule has 2 rings (SSSR count). The Bertz CT molecular complexity index is 333. The standard InChI is InChI=1S/C13H19NOS2/c1-2-12-13(17-8-7-16-12)11(15)9-10-5-3-4-6-14-10/h3-6,11-13,15H,2,7-9H2,1H3. The van der Waals surface area contributed by atoms with Gasteiger partial charge in [0.05, 0.1) is 6.10 Å². The number of aliphatic hydroxyl groups is 1. The number of thioether (sulfide) groups is 2. The van der Waals surface area contributed by atoms with E-state index in [4.69, 9.17) is 0 Å². The highest BCUT2D eigenvalue weighted by Gasteiger charge is 2.31. The third kappa shape index (κ3) is 3.63. The molecule has 0 aromatic carbocycles. The Hall–Kier alpha value is -0.190. The minimum absolute atomic E-state index is 0.271. The smallest absolute Gasteiger partial charge is 0.0724 e. The molecule has 1 aliphatic rings. The molecule has 2 heterocycles. The van der Waals surface area contributed by atoms with E-state index in [9.17, 15) is 5.11 Å². The molecule has 4 heteroatoms. The maximum atomic E-state index is 10.4. The van der Waals surface area contributed by atoms with Crippen molar-refractivity contribution in [3.05, 3.63) is 30.1 Å². The first-order valence-electron chi connectivity index (χ1n) is 6.12. The number of aromatic nitrogens is 1. The molecular formula is C13H19NOS2. The van der Waals surface area contributed by atoms with Crippen molar-refractivity contribution in [2.45, 2.75) is 36.4 Å². The van der Waals surface area contributed by atoms with Gasteiger partial charge in [-0.05, 0) is 18.6 Å². The van der Waals surface area contributed by atoms with E-state index in [-0.39, 0.29) is 6.10 Å². The molecular weight excluding hydrogens is 250 g/mol. The van der Waals surface area contributed by atoms with Crippen LogP contribution in [0.5, 0.6) is 0 Å². The lowest BCUT2D eigenvalue weighted by molar-refractivity contribution is 0.168. The lowest BCUT2D eigenvalue weighted by Crippen LogP contribution is -2.37. The summed E-state index contributed by atoms with van der Waals surface area (Å²) in [7, 11) is 0. The van der Waals surface area contributed by atoms with Gasteiger partial charge in [0.25, 0.3) is 0 Å². The monoisotopic (exact) mass is 269 g/mol. The Balaban J connectivity index is 1.96. The van der Waals surface area contributed by atoms with Crippen molar-refractivity contribution < 1.29 is 5.11 Å². The molecule has 1 fully saturated rings. The Labute approximate surface area is 112 Å². The normalized spacial score (nSPS) is 26.7. The predicted octanol–water partition coefficient (Wildman–Crippen LogP) is 2.61. The first kappa shape index (κ1) is 13.2. The number of hydrogen-bond acceptors (Lipinski definition) is 4. The first-order chi connectivity index (χ1) is 8.31. The molecule has 3 atom stereocenters. The summed E-state index contributed by atoms with van der Waals surface area (Å²) >= 11 is 3.93. The molecule has 1 N–H and O–H groups in total. The molecule has 0 radical (unpaired) electrons. The Morgan fingerprint density at radius 3 is 2.94 bits per heavy atom. The van der Waals surface area contributed by atoms with Crippen molar-refractivity contribution in [3.8, 4) is 0 Å². The van der Waals surface area contributed by atoms with Gasteiger partial charge < -0.3 is 5.11 Å². The molecule has 2 nitrogen and oxygen atoms in total. The largest absolute Gasteiger partial charge is 0.392 e. The van der Waals surface area contributed by atoms with E-state index in [1.807, 2.05) is 41.7 Å². The lowest BCUT2D eigenvalue weighted by Gasteiger charge is -2.33. The summed E-state index contributed by atoms with van der Waals surface area (Å²) in [4.78, 5) is 4.29. The zero-order valence-corrected chi connectivity index (χ0v) is 11.7. The highest BCUT2D eigenvalue weighted by Crippen LogP contribution is 2.35. The van der Waals surface area contributed by atoms with Crippen LogP contribution in [0.3, 0.4) is 0 Å². The molecule has 1 aromatic heterocycles. The van der Waals surface area contributed by atoms with Gasteiger partial charge in [-0.1, -0.05) is 13.0 Å². The third-order valence-corrected chi connectivity index (χ3v) is 6.41. The Kier molecular flexibility index (Phi) is 5.19. The molecule has 3 unspecified atom stereocenters. The maximum absolute atomic E-state index is 10.4. The minimum atomic E-state index is -0.271. The Morgan fingerprint density at radius 1 is 1.41 bits per heavy atom. The minimum Gasteiger partial charge on any atom is -0.392 e. The van der Waals surface area contributed by atoms with Gasteiger partial charge >= 0.3 is 0 Å². The van der Waals surface area contributed by atoms with Crippen molar-refractivity contribution in [2.75, 3.05) is 11.5 Å². The summed E-state index contributed by atoms with van der Waals surface area (Å²) in [6.45, 7) is 2.21. The fourth-order valence-electron chi connectivity index (χ4n) is 2.14. The molecule has 0 amide bonds. The molecule has 17 heavy (non-hydrogen) atoms. The molecule has 1 aliphatic heterocycles. The van der Waals surface area contributed by atoms with Gasteiger partial charge in [0.2, 0.25) is 0 Å². The van der Waals surface area contributed by atoms with E-state index in [0.717, 1.165) is 17.9 Å². The fraction of sp³-hybridized carbons (Fsp3) is 0.615. The third-order valence-electron chi connectivity index (χ3n) is 3.02. The van der Waals surface area contributed by atoms with Crippen LogP contribution in [0.15, 0.2) is 24.4 Å². The maximum Gasteiger partial charge on any atom is 0.0724 e. The van der Waals surface area contributed by atoms with Gasteiger partial charge in [-0.3, -0.25) is 4.98 Å². The van der Waals surface area contributed by atoms with Crippen LogP contribution in [0.25, 0.3) is 0 Å². The summed E-state index contributed by atoms with van der Waals surface area (Å²) in [5.74, 6) is 2.38. The van der Waals surface area contributed by atoms with E-state index in [2.05, 4.69) is 11.9 Å². The van der Waals surface area contributed by atoms with Crippen LogP contribution in [0.2, 0.25) is 0 Å². The van der Waals surface area contributed by atoms with Gasteiger partial charge in [0.1, 0.15) is 0 Å². The van der Waals surface area contributed by atoms with E-state index >= 15 is 0 Å². The number of aliphatic hydroxyl groups excluding tert-OH is 1. The van der Waals surface area contributed by atoms with Crippen LogP contribution in [0.1, 0.15) is 19.0 Å². The summed E-state index contributed by atoms with van der Waals surface area (Å²) in [6, 6.07) is 5.88. The summed E-state index contributed by atoms with van der Waals surface area (Å²) in [5.41, 5.74) is 0.992. The van der Waals surface area contributed by atoms with Crippen LogP contribution in [0.4, 0.5) is 0 Å². The van der Waals surface area contributed by atoms with Gasteiger partial charge in [0.15, 0.2) is 0 Å². The SMILES string of the molecule is CCC1SCCSC1C(O)Cc1ccccn1.